The van der Waals surface area contributed by atoms with Crippen LogP contribution >= 0.6 is 0 Å². The number of carbonyl (C=O) groups excluding carboxylic acids is 7. The summed E-state index contributed by atoms with van der Waals surface area (Å²) in [5, 5.41) is 32.5. The zero-order valence-electron chi connectivity index (χ0n) is 36.7. The number of carbonyl (C=O) groups is 7. The molecule has 2 aromatic carbocycles. The lowest BCUT2D eigenvalue weighted by Gasteiger charge is -2.28. The van der Waals surface area contributed by atoms with Gasteiger partial charge in [0, 0.05) is 50.9 Å². The molecule has 4 rings (SSSR count). The monoisotopic (exact) mass is 932 g/mol. The summed E-state index contributed by atoms with van der Waals surface area (Å²) >= 11 is 0. The third kappa shape index (κ3) is 17.7. The third-order valence-corrected chi connectivity index (χ3v) is 10.4. The van der Waals surface area contributed by atoms with Crippen LogP contribution in [0.5, 0.6) is 0 Å². The summed E-state index contributed by atoms with van der Waals surface area (Å²) in [6, 6.07) is 4.70. The molecule has 67 heavy (non-hydrogen) atoms. The van der Waals surface area contributed by atoms with Crippen molar-refractivity contribution in [3.8, 4) is 0 Å². The summed E-state index contributed by atoms with van der Waals surface area (Å²) in [6.45, 7) is 0.341. The van der Waals surface area contributed by atoms with Crippen LogP contribution in [0.3, 0.4) is 0 Å². The van der Waals surface area contributed by atoms with Gasteiger partial charge in [0.15, 0.2) is 11.9 Å². The first-order valence-electron chi connectivity index (χ1n) is 21.3. The topological polar surface area (TPSA) is 463 Å². The van der Waals surface area contributed by atoms with Crippen LogP contribution in [0, 0.1) is 0 Å². The Bertz CT molecular complexity index is 2260. The predicted octanol–water partition coefficient (Wildman–Crippen LogP) is -5.14. The molecule has 7 atom stereocenters. The summed E-state index contributed by atoms with van der Waals surface area (Å²) < 4.78 is 1.53. The van der Waals surface area contributed by atoms with Gasteiger partial charge in [-0.15, -0.1) is 5.10 Å². The molecular formula is C41H60N18O8. The molecule has 1 aliphatic heterocycles. The molecule has 0 fully saturated rings. The zero-order chi connectivity index (χ0) is 49.2. The smallest absolute Gasteiger partial charge is 0.243 e. The van der Waals surface area contributed by atoms with Crippen LogP contribution in [0.25, 0.3) is 0 Å². The molecule has 0 aliphatic carbocycles. The number of primary amides is 3. The number of nitrogens with one attached hydrogen (secondary N) is 5. The Balaban J connectivity index is 1.78. The minimum Gasteiger partial charge on any atom is -0.377 e. The lowest BCUT2D eigenvalue weighted by atomic mass is 10.0. The SMILES string of the molecule is NC(=O)CCC1NC(O)[C@@H](N)Cc2cn(nn2)CCCCC(C(N)=O)NC(=O)[C@@H](Cc2ccc(N=C(N)N)cc2)NC(=O)[C@@H](Cc2ccc(N=C(N)N)cc2)NC(=O)[C@@H](CCC(N)=O)NC1=O. The van der Waals surface area contributed by atoms with Crippen molar-refractivity contribution in [2.75, 3.05) is 0 Å². The second-order valence-electron chi connectivity index (χ2n) is 16.0. The van der Waals surface area contributed by atoms with Crippen LogP contribution in [0.4, 0.5) is 11.4 Å². The van der Waals surface area contributed by atoms with Crippen molar-refractivity contribution in [2.45, 2.75) is 113 Å². The van der Waals surface area contributed by atoms with Crippen molar-refractivity contribution in [3.05, 3.63) is 71.5 Å². The highest BCUT2D eigenvalue weighted by Crippen LogP contribution is 2.17. The lowest BCUT2D eigenvalue weighted by Crippen LogP contribution is -2.60. The average molecular weight is 933 g/mol. The molecule has 3 unspecified atom stereocenters. The highest BCUT2D eigenvalue weighted by atomic mass is 16.3. The minimum absolute atomic E-state index is 0.0141. The number of fused-ring (bicyclic) bond motifs is 2. The van der Waals surface area contributed by atoms with Crippen LogP contribution in [0.1, 0.15) is 61.8 Å². The molecule has 2 bridgehead atoms. The van der Waals surface area contributed by atoms with Gasteiger partial charge in [0.05, 0.1) is 23.1 Å². The molecule has 26 heteroatoms. The zero-order valence-corrected chi connectivity index (χ0v) is 36.7. The Morgan fingerprint density at radius 1 is 0.657 bits per heavy atom. The molecule has 7 amide bonds. The number of hydrogen-bond donors (Lipinski definition) is 14. The van der Waals surface area contributed by atoms with Gasteiger partial charge in [-0.3, -0.25) is 43.6 Å². The number of guanidine groups is 2. The van der Waals surface area contributed by atoms with Crippen molar-refractivity contribution in [3.63, 3.8) is 0 Å². The molecule has 0 radical (unpaired) electrons. The fourth-order valence-electron chi connectivity index (χ4n) is 6.95. The number of aliphatic imine (C=N–C) groups is 2. The third-order valence-electron chi connectivity index (χ3n) is 10.4. The largest absolute Gasteiger partial charge is 0.377 e. The Morgan fingerprint density at radius 3 is 1.61 bits per heavy atom. The first-order valence-corrected chi connectivity index (χ1v) is 21.3. The Morgan fingerprint density at radius 2 is 1.12 bits per heavy atom. The first kappa shape index (κ1) is 51.9. The van der Waals surface area contributed by atoms with E-state index >= 15 is 0 Å². The molecule has 2 heterocycles. The second-order valence-corrected chi connectivity index (χ2v) is 16.0. The Kier molecular flexibility index (Phi) is 19.5. The maximum absolute atomic E-state index is 14.5. The van der Waals surface area contributed by atoms with Gasteiger partial charge in [0.25, 0.3) is 0 Å². The van der Waals surface area contributed by atoms with Gasteiger partial charge in [-0.05, 0) is 67.5 Å². The number of benzene rings is 2. The molecular weight excluding hydrogens is 873 g/mol. The number of aromatic nitrogens is 3. The Hall–Kier alpha value is -7.71. The number of nitrogens with zero attached hydrogens (tertiary/aromatic N) is 5. The summed E-state index contributed by atoms with van der Waals surface area (Å²) in [7, 11) is 0. The molecule has 0 saturated carbocycles. The van der Waals surface area contributed by atoms with Crippen LogP contribution in [-0.2, 0) is 59.4 Å². The maximum Gasteiger partial charge on any atom is 0.243 e. The Labute approximate surface area is 384 Å². The fraction of sp³-hybridized carbons (Fsp3) is 0.439. The fourth-order valence-corrected chi connectivity index (χ4v) is 6.95. The molecule has 0 spiro atoms. The van der Waals surface area contributed by atoms with Gasteiger partial charge in [-0.25, -0.2) is 9.98 Å². The van der Waals surface area contributed by atoms with Crippen LogP contribution in [0.2, 0.25) is 0 Å². The molecule has 0 saturated heterocycles. The molecule has 1 aliphatic rings. The van der Waals surface area contributed by atoms with E-state index in [-0.39, 0.29) is 56.9 Å². The van der Waals surface area contributed by atoms with Crippen LogP contribution in [0.15, 0.2) is 64.7 Å². The standard InChI is InChI=1S/C41H60N18O8/c42-26-19-25-20-59(58-57-25)16-2-1-3-27(34(45)62)52-38(66)30(17-21-4-8-23(9-5-21)50-40(46)47)56-39(67)31(18-22-6-10-24(11-7-22)51-41(48)49)55-37(65)29(13-15-33(44)61)54-36(64)28(53-35(26)63)12-14-32(43)60/h4-11,20,26-31,35,53,63H,1-3,12-19,42H2,(H2,43,60)(H2,44,61)(H2,45,62)(H,52,66)(H,54,64)(H,55,65)(H,56,67)(H4,46,47,50)(H4,48,49,51)/t26-,27?,28?,29+,30+,31+,35?/m0/s1. The van der Waals surface area contributed by atoms with E-state index in [1.54, 1.807) is 54.7 Å². The highest BCUT2D eigenvalue weighted by Gasteiger charge is 2.34. The summed E-state index contributed by atoms with van der Waals surface area (Å²) in [5.74, 6) is -6.34. The van der Waals surface area contributed by atoms with Gasteiger partial charge < -0.3 is 72.2 Å². The molecule has 26 nitrogen and oxygen atoms in total. The quantitative estimate of drug-likeness (QED) is 0.0563. The van der Waals surface area contributed by atoms with Gasteiger partial charge in [-0.2, -0.15) is 0 Å². The van der Waals surface area contributed by atoms with E-state index in [2.05, 4.69) is 46.9 Å². The number of aliphatic hydroxyl groups excluding tert-OH is 1. The number of nitrogens with two attached hydrogens (primary N) is 8. The van der Waals surface area contributed by atoms with Crippen molar-refractivity contribution in [2.24, 2.45) is 55.9 Å². The molecule has 362 valence electrons. The highest BCUT2D eigenvalue weighted by molar-refractivity contribution is 5.96. The second kappa shape index (κ2) is 25.1. The summed E-state index contributed by atoms with van der Waals surface area (Å²) in [6.07, 6.45) is -0.684. The van der Waals surface area contributed by atoms with Crippen molar-refractivity contribution < 1.29 is 38.7 Å². The van der Waals surface area contributed by atoms with Crippen LogP contribution in [-0.4, -0.2) is 116 Å². The number of amides is 7. The number of aliphatic hydroxyl groups is 1. The van der Waals surface area contributed by atoms with Crippen molar-refractivity contribution in [1.29, 1.82) is 0 Å². The van der Waals surface area contributed by atoms with E-state index < -0.39 is 90.3 Å². The molecule has 3 aromatic rings. The lowest BCUT2D eigenvalue weighted by molar-refractivity contribution is -0.135. The van der Waals surface area contributed by atoms with Gasteiger partial charge >= 0.3 is 0 Å². The number of aryl methyl sites for hydroxylation is 1. The first-order chi connectivity index (χ1) is 31.8. The van der Waals surface area contributed by atoms with Gasteiger partial charge in [0.2, 0.25) is 41.4 Å². The van der Waals surface area contributed by atoms with E-state index in [4.69, 9.17) is 45.9 Å². The molecule has 22 N–H and O–H groups in total. The van der Waals surface area contributed by atoms with Crippen molar-refractivity contribution >= 4 is 64.6 Å². The normalized spacial score (nSPS) is 22.6. The maximum atomic E-state index is 14.5. The van der Waals surface area contributed by atoms with Gasteiger partial charge in [-0.1, -0.05) is 29.5 Å². The predicted molar refractivity (Wildman–Crippen MR) is 243 cm³/mol. The van der Waals surface area contributed by atoms with E-state index in [1.165, 1.54) is 4.68 Å². The van der Waals surface area contributed by atoms with Gasteiger partial charge in [0.1, 0.15) is 30.4 Å². The average Bonchev–Trinajstić information content (AvgIpc) is 3.71. The minimum atomic E-state index is -1.56. The van der Waals surface area contributed by atoms with E-state index in [0.717, 1.165) is 0 Å². The molecule has 1 aromatic heterocycles. The van der Waals surface area contributed by atoms with Crippen LogP contribution < -0.4 is 72.5 Å². The summed E-state index contributed by atoms with van der Waals surface area (Å²) in [4.78, 5) is 101. The number of hydrogen-bond acceptors (Lipinski definition) is 14. The number of rotatable bonds is 13. The van der Waals surface area contributed by atoms with E-state index in [9.17, 15) is 38.7 Å². The summed E-state index contributed by atoms with van der Waals surface area (Å²) in [5.41, 5.74) is 47.2. The van der Waals surface area contributed by atoms with E-state index in [1.807, 2.05) is 0 Å². The van der Waals surface area contributed by atoms with E-state index in [0.29, 0.717) is 47.6 Å². The van der Waals surface area contributed by atoms with Crippen molar-refractivity contribution in [1.82, 2.24) is 41.6 Å².